The maximum absolute atomic E-state index is 12.9. The molecule has 188 valence electrons. The summed E-state index contributed by atoms with van der Waals surface area (Å²) in [4.78, 5) is 34.3. The van der Waals surface area contributed by atoms with E-state index < -0.39 is 0 Å². The number of morpholine rings is 1. The molecule has 9 nitrogen and oxygen atoms in total. The molecule has 2 aliphatic rings. The van der Waals surface area contributed by atoms with E-state index in [9.17, 15) is 9.59 Å². The largest absolute Gasteiger partial charge is 0.497 e. The highest BCUT2D eigenvalue weighted by molar-refractivity contribution is 7.14. The lowest BCUT2D eigenvalue weighted by molar-refractivity contribution is -0.120. The molecule has 3 heterocycles. The standard InChI is InChI=1S/C26H28N4O5S/c1-33-20-12-19(13-21(14-20)34-2)25(32)28-26-27-22(16-36-26)17-3-4-23-18(11-17)5-6-30(23)24(31)15-29-7-9-35-10-8-29/h3-4,11-14,16H,5-10,15H2,1-2H3,(H,27,28,32). The molecule has 0 bridgehead atoms. The molecule has 1 N–H and O–H groups in total. The van der Waals surface area contributed by atoms with Gasteiger partial charge in [-0.25, -0.2) is 4.98 Å². The lowest BCUT2D eigenvalue weighted by atomic mass is 10.1. The van der Waals surface area contributed by atoms with Gasteiger partial charge in [0.15, 0.2) is 5.13 Å². The van der Waals surface area contributed by atoms with E-state index in [1.54, 1.807) is 32.4 Å². The van der Waals surface area contributed by atoms with Crippen molar-refractivity contribution in [3.8, 4) is 22.8 Å². The molecule has 2 aromatic carbocycles. The lowest BCUT2D eigenvalue weighted by Gasteiger charge is -2.28. The number of thiazole rings is 1. The zero-order valence-electron chi connectivity index (χ0n) is 20.3. The molecular weight excluding hydrogens is 480 g/mol. The molecule has 0 atom stereocenters. The Morgan fingerprint density at radius 1 is 1.06 bits per heavy atom. The number of carbonyl (C=O) groups is 2. The van der Waals surface area contributed by atoms with Crippen molar-refractivity contribution in [3.05, 3.63) is 52.9 Å². The number of amides is 2. The summed E-state index contributed by atoms with van der Waals surface area (Å²) >= 11 is 1.36. The number of rotatable bonds is 7. The van der Waals surface area contributed by atoms with Gasteiger partial charge in [0.25, 0.3) is 5.91 Å². The van der Waals surface area contributed by atoms with E-state index in [1.807, 2.05) is 22.4 Å². The average molecular weight is 509 g/mol. The fourth-order valence-electron chi connectivity index (χ4n) is 4.43. The van der Waals surface area contributed by atoms with Crippen LogP contribution in [0.15, 0.2) is 41.8 Å². The summed E-state index contributed by atoms with van der Waals surface area (Å²) in [5.41, 5.74) is 4.25. The van der Waals surface area contributed by atoms with Gasteiger partial charge in [-0.15, -0.1) is 11.3 Å². The third kappa shape index (κ3) is 5.20. The van der Waals surface area contributed by atoms with Crippen molar-refractivity contribution < 1.29 is 23.8 Å². The summed E-state index contributed by atoms with van der Waals surface area (Å²) < 4.78 is 15.9. The maximum Gasteiger partial charge on any atom is 0.257 e. The van der Waals surface area contributed by atoms with Crippen LogP contribution in [0.3, 0.4) is 0 Å². The zero-order chi connectivity index (χ0) is 25.1. The predicted octanol–water partition coefficient (Wildman–Crippen LogP) is 3.30. The highest BCUT2D eigenvalue weighted by atomic mass is 32.1. The summed E-state index contributed by atoms with van der Waals surface area (Å²) in [7, 11) is 3.08. The van der Waals surface area contributed by atoms with Crippen LogP contribution in [0.25, 0.3) is 11.3 Å². The molecular formula is C26H28N4O5S. The Morgan fingerprint density at radius 2 is 1.81 bits per heavy atom. The molecule has 0 radical (unpaired) electrons. The molecule has 0 aliphatic carbocycles. The first-order valence-electron chi connectivity index (χ1n) is 11.8. The summed E-state index contributed by atoms with van der Waals surface area (Å²) in [6.45, 7) is 4.04. The zero-order valence-corrected chi connectivity index (χ0v) is 21.1. The van der Waals surface area contributed by atoms with Crippen molar-refractivity contribution in [1.82, 2.24) is 9.88 Å². The number of hydrogen-bond donors (Lipinski definition) is 1. The molecule has 1 saturated heterocycles. The van der Waals surface area contributed by atoms with E-state index in [-0.39, 0.29) is 11.8 Å². The van der Waals surface area contributed by atoms with Crippen LogP contribution in [0, 0.1) is 0 Å². The van der Waals surface area contributed by atoms with Crippen LogP contribution >= 0.6 is 11.3 Å². The minimum Gasteiger partial charge on any atom is -0.497 e. The Labute approximate surface area is 213 Å². The van der Waals surface area contributed by atoms with Crippen molar-refractivity contribution in [1.29, 1.82) is 0 Å². The quantitative estimate of drug-likeness (QED) is 0.523. The number of aromatic nitrogens is 1. The van der Waals surface area contributed by atoms with Gasteiger partial charge in [-0.3, -0.25) is 19.8 Å². The number of fused-ring (bicyclic) bond motifs is 1. The first-order chi connectivity index (χ1) is 17.5. The number of carbonyl (C=O) groups excluding carboxylic acids is 2. The molecule has 10 heteroatoms. The molecule has 36 heavy (non-hydrogen) atoms. The summed E-state index contributed by atoms with van der Waals surface area (Å²) in [5, 5.41) is 5.27. The van der Waals surface area contributed by atoms with E-state index in [0.29, 0.717) is 48.5 Å². The van der Waals surface area contributed by atoms with Gasteiger partial charge in [0.2, 0.25) is 5.91 Å². The van der Waals surface area contributed by atoms with E-state index in [2.05, 4.69) is 21.3 Å². The second-order valence-corrected chi connectivity index (χ2v) is 9.48. The minimum atomic E-state index is -0.295. The molecule has 2 aliphatic heterocycles. The topological polar surface area (TPSA) is 93.2 Å². The van der Waals surface area contributed by atoms with Gasteiger partial charge in [0, 0.05) is 47.9 Å². The Balaban J connectivity index is 1.27. The average Bonchev–Trinajstić information content (AvgIpc) is 3.55. The Bertz CT molecular complexity index is 1250. The van der Waals surface area contributed by atoms with Crippen LogP contribution in [0.1, 0.15) is 15.9 Å². The molecule has 3 aromatic rings. The fourth-order valence-corrected chi connectivity index (χ4v) is 5.14. The summed E-state index contributed by atoms with van der Waals surface area (Å²) in [6, 6.07) is 11.1. The molecule has 0 spiro atoms. The van der Waals surface area contributed by atoms with Crippen molar-refractivity contribution in [2.45, 2.75) is 6.42 Å². The van der Waals surface area contributed by atoms with Crippen molar-refractivity contribution in [2.24, 2.45) is 0 Å². The number of anilines is 2. The van der Waals surface area contributed by atoms with Crippen molar-refractivity contribution >= 4 is 34.0 Å². The Kier molecular flexibility index (Phi) is 7.17. The molecule has 2 amide bonds. The molecule has 0 unspecified atom stereocenters. The number of hydrogen-bond acceptors (Lipinski definition) is 8. The summed E-state index contributed by atoms with van der Waals surface area (Å²) in [5.74, 6) is 0.901. The third-order valence-electron chi connectivity index (χ3n) is 6.37. The van der Waals surface area contributed by atoms with Gasteiger partial charge < -0.3 is 19.1 Å². The molecule has 0 saturated carbocycles. The highest BCUT2D eigenvalue weighted by Gasteiger charge is 2.27. The van der Waals surface area contributed by atoms with Crippen LogP contribution in [-0.2, 0) is 16.0 Å². The van der Waals surface area contributed by atoms with E-state index in [1.165, 1.54) is 11.3 Å². The molecule has 5 rings (SSSR count). The minimum absolute atomic E-state index is 0.122. The van der Waals surface area contributed by atoms with Crippen LogP contribution in [0.4, 0.5) is 10.8 Å². The van der Waals surface area contributed by atoms with Gasteiger partial charge in [0.1, 0.15) is 11.5 Å². The van der Waals surface area contributed by atoms with Gasteiger partial charge in [-0.05, 0) is 36.2 Å². The normalized spacial score (nSPS) is 15.4. The number of benzene rings is 2. The Morgan fingerprint density at radius 3 is 2.53 bits per heavy atom. The predicted molar refractivity (Wildman–Crippen MR) is 138 cm³/mol. The number of nitrogens with zero attached hydrogens (tertiary/aromatic N) is 3. The van der Waals surface area contributed by atoms with Crippen LogP contribution in [0.5, 0.6) is 11.5 Å². The van der Waals surface area contributed by atoms with Crippen molar-refractivity contribution in [2.75, 3.05) is 63.8 Å². The Hall–Kier alpha value is -3.47. The number of ether oxygens (including phenoxy) is 3. The van der Waals surface area contributed by atoms with Crippen LogP contribution < -0.4 is 19.7 Å². The van der Waals surface area contributed by atoms with Gasteiger partial charge in [-0.1, -0.05) is 6.07 Å². The number of methoxy groups -OCH3 is 2. The first-order valence-corrected chi connectivity index (χ1v) is 12.7. The van der Waals surface area contributed by atoms with E-state index >= 15 is 0 Å². The van der Waals surface area contributed by atoms with Gasteiger partial charge in [-0.2, -0.15) is 0 Å². The SMILES string of the molecule is COc1cc(OC)cc(C(=O)Nc2nc(-c3ccc4c(c3)CCN4C(=O)CN3CCOCC3)cs2)c1. The van der Waals surface area contributed by atoms with E-state index in [4.69, 9.17) is 14.2 Å². The highest BCUT2D eigenvalue weighted by Crippen LogP contribution is 2.34. The van der Waals surface area contributed by atoms with Gasteiger partial charge in [0.05, 0.1) is 39.7 Å². The van der Waals surface area contributed by atoms with Crippen molar-refractivity contribution in [3.63, 3.8) is 0 Å². The van der Waals surface area contributed by atoms with Crippen LogP contribution in [0.2, 0.25) is 0 Å². The smallest absolute Gasteiger partial charge is 0.257 e. The molecule has 1 aromatic heterocycles. The van der Waals surface area contributed by atoms with Crippen LogP contribution in [-0.4, -0.2) is 75.3 Å². The molecule has 1 fully saturated rings. The second kappa shape index (κ2) is 10.7. The maximum atomic E-state index is 12.9. The summed E-state index contributed by atoms with van der Waals surface area (Å²) in [6.07, 6.45) is 0.809. The van der Waals surface area contributed by atoms with Gasteiger partial charge >= 0.3 is 0 Å². The monoisotopic (exact) mass is 508 g/mol. The lowest BCUT2D eigenvalue weighted by Crippen LogP contribution is -2.44. The fraction of sp³-hybridized carbons (Fsp3) is 0.346. The van der Waals surface area contributed by atoms with E-state index in [0.717, 1.165) is 42.0 Å². The first kappa shape index (κ1) is 24.2. The number of nitrogens with one attached hydrogen (secondary N) is 1. The third-order valence-corrected chi connectivity index (χ3v) is 7.13. The second-order valence-electron chi connectivity index (χ2n) is 8.62.